The van der Waals surface area contributed by atoms with E-state index in [1.165, 1.54) is 18.4 Å². The van der Waals surface area contributed by atoms with Crippen LogP contribution >= 0.6 is 0 Å². The highest BCUT2D eigenvalue weighted by molar-refractivity contribution is 4.99. The second kappa shape index (κ2) is 4.54. The van der Waals surface area contributed by atoms with Gasteiger partial charge in [0.1, 0.15) is 0 Å². The number of hydrogen-bond donors (Lipinski definition) is 0. The van der Waals surface area contributed by atoms with E-state index >= 15 is 0 Å². The first-order valence-electron chi connectivity index (χ1n) is 4.27. The fourth-order valence-corrected chi connectivity index (χ4v) is 1.02. The van der Waals surface area contributed by atoms with Crippen molar-refractivity contribution in [1.29, 1.82) is 0 Å². The SMILES string of the molecule is C=C(CCC)C(C)C(C)C. The van der Waals surface area contributed by atoms with E-state index in [1.807, 2.05) is 0 Å². The molecule has 0 heterocycles. The lowest BCUT2D eigenvalue weighted by molar-refractivity contribution is 0.467. The van der Waals surface area contributed by atoms with E-state index in [0.717, 1.165) is 5.92 Å². The summed E-state index contributed by atoms with van der Waals surface area (Å²) in [6, 6.07) is 0. The summed E-state index contributed by atoms with van der Waals surface area (Å²) in [5, 5.41) is 0. The number of allylic oxidation sites excluding steroid dienone is 1. The van der Waals surface area contributed by atoms with Crippen LogP contribution in [0, 0.1) is 11.8 Å². The summed E-state index contributed by atoms with van der Waals surface area (Å²) in [4.78, 5) is 0. The average molecular weight is 140 g/mol. The zero-order valence-corrected chi connectivity index (χ0v) is 7.78. The first-order valence-corrected chi connectivity index (χ1v) is 4.27. The Hall–Kier alpha value is -0.260. The van der Waals surface area contributed by atoms with Gasteiger partial charge >= 0.3 is 0 Å². The molecule has 0 saturated heterocycles. The first-order chi connectivity index (χ1) is 4.59. The van der Waals surface area contributed by atoms with Crippen LogP contribution < -0.4 is 0 Å². The van der Waals surface area contributed by atoms with Gasteiger partial charge in [-0.1, -0.05) is 46.3 Å². The summed E-state index contributed by atoms with van der Waals surface area (Å²) in [6.07, 6.45) is 2.43. The minimum Gasteiger partial charge on any atom is -0.0996 e. The van der Waals surface area contributed by atoms with Crippen LogP contribution in [0.1, 0.15) is 40.5 Å². The summed E-state index contributed by atoms with van der Waals surface area (Å²) < 4.78 is 0. The fourth-order valence-electron chi connectivity index (χ4n) is 1.02. The summed E-state index contributed by atoms with van der Waals surface area (Å²) in [5.74, 6) is 1.44. The molecule has 0 bridgehead atoms. The minimum atomic E-state index is 0.694. The highest BCUT2D eigenvalue weighted by Crippen LogP contribution is 2.21. The van der Waals surface area contributed by atoms with Crippen LogP contribution in [0.5, 0.6) is 0 Å². The molecule has 0 aromatic carbocycles. The van der Waals surface area contributed by atoms with Crippen molar-refractivity contribution in [3.8, 4) is 0 Å². The Bertz CT molecular complexity index is 101. The molecule has 0 aliphatic carbocycles. The second-order valence-electron chi connectivity index (χ2n) is 3.44. The zero-order chi connectivity index (χ0) is 8.15. The first kappa shape index (κ1) is 9.74. The van der Waals surface area contributed by atoms with Crippen molar-refractivity contribution in [2.24, 2.45) is 11.8 Å². The maximum atomic E-state index is 4.07. The lowest BCUT2D eigenvalue weighted by Crippen LogP contribution is -2.05. The van der Waals surface area contributed by atoms with Crippen LogP contribution in [-0.2, 0) is 0 Å². The molecule has 0 saturated carbocycles. The van der Waals surface area contributed by atoms with Gasteiger partial charge in [0.25, 0.3) is 0 Å². The molecule has 0 aliphatic heterocycles. The van der Waals surface area contributed by atoms with Crippen LogP contribution in [0.15, 0.2) is 12.2 Å². The molecule has 0 nitrogen and oxygen atoms in total. The van der Waals surface area contributed by atoms with Crippen molar-refractivity contribution in [1.82, 2.24) is 0 Å². The van der Waals surface area contributed by atoms with Crippen molar-refractivity contribution < 1.29 is 0 Å². The summed E-state index contributed by atoms with van der Waals surface area (Å²) in [6.45, 7) is 13.0. The molecule has 0 aromatic heterocycles. The van der Waals surface area contributed by atoms with Crippen molar-refractivity contribution in [3.05, 3.63) is 12.2 Å². The fraction of sp³-hybridized carbons (Fsp3) is 0.800. The van der Waals surface area contributed by atoms with Crippen LogP contribution in [0.4, 0.5) is 0 Å². The summed E-state index contributed by atoms with van der Waals surface area (Å²) in [5.41, 5.74) is 1.41. The Morgan fingerprint density at radius 2 is 1.80 bits per heavy atom. The quantitative estimate of drug-likeness (QED) is 0.523. The van der Waals surface area contributed by atoms with Crippen molar-refractivity contribution >= 4 is 0 Å². The molecular weight excluding hydrogens is 120 g/mol. The molecule has 0 amide bonds. The third kappa shape index (κ3) is 3.05. The highest BCUT2D eigenvalue weighted by atomic mass is 14.1. The molecule has 60 valence electrons. The Labute approximate surface area is 65.3 Å². The zero-order valence-electron chi connectivity index (χ0n) is 7.78. The van der Waals surface area contributed by atoms with Gasteiger partial charge in [0.15, 0.2) is 0 Å². The van der Waals surface area contributed by atoms with Crippen LogP contribution in [0.25, 0.3) is 0 Å². The van der Waals surface area contributed by atoms with Gasteiger partial charge in [-0.2, -0.15) is 0 Å². The van der Waals surface area contributed by atoms with E-state index in [0.29, 0.717) is 5.92 Å². The van der Waals surface area contributed by atoms with E-state index in [1.54, 1.807) is 0 Å². The average Bonchev–Trinajstić information content (AvgIpc) is 1.87. The predicted octanol–water partition coefficient (Wildman–Crippen LogP) is 3.63. The van der Waals surface area contributed by atoms with Crippen LogP contribution in [-0.4, -0.2) is 0 Å². The lowest BCUT2D eigenvalue weighted by Gasteiger charge is -2.17. The Morgan fingerprint density at radius 3 is 2.10 bits per heavy atom. The normalized spacial score (nSPS) is 13.7. The van der Waals surface area contributed by atoms with Crippen LogP contribution in [0.3, 0.4) is 0 Å². The molecule has 0 aliphatic rings. The van der Waals surface area contributed by atoms with Crippen molar-refractivity contribution in [2.45, 2.75) is 40.5 Å². The third-order valence-electron chi connectivity index (χ3n) is 2.22. The van der Waals surface area contributed by atoms with Crippen LogP contribution in [0.2, 0.25) is 0 Å². The molecule has 0 spiro atoms. The smallest absolute Gasteiger partial charge is 0.0211 e. The highest BCUT2D eigenvalue weighted by Gasteiger charge is 2.08. The molecule has 0 fully saturated rings. The largest absolute Gasteiger partial charge is 0.0996 e. The third-order valence-corrected chi connectivity index (χ3v) is 2.22. The van der Waals surface area contributed by atoms with Gasteiger partial charge in [-0.25, -0.2) is 0 Å². The standard InChI is InChI=1S/C10H20/c1-6-7-9(4)10(5)8(2)3/h8,10H,4,6-7H2,1-3,5H3. The molecule has 0 heteroatoms. The lowest BCUT2D eigenvalue weighted by atomic mass is 9.89. The summed E-state index contributed by atoms with van der Waals surface area (Å²) >= 11 is 0. The van der Waals surface area contributed by atoms with E-state index in [-0.39, 0.29) is 0 Å². The maximum absolute atomic E-state index is 4.07. The monoisotopic (exact) mass is 140 g/mol. The number of rotatable bonds is 4. The van der Waals surface area contributed by atoms with Gasteiger partial charge < -0.3 is 0 Å². The van der Waals surface area contributed by atoms with Crippen molar-refractivity contribution in [3.63, 3.8) is 0 Å². The predicted molar refractivity (Wildman–Crippen MR) is 48.1 cm³/mol. The van der Waals surface area contributed by atoms with Gasteiger partial charge in [-0.05, 0) is 18.3 Å². The molecule has 1 unspecified atom stereocenters. The van der Waals surface area contributed by atoms with E-state index in [9.17, 15) is 0 Å². The Kier molecular flexibility index (Phi) is 4.42. The summed E-state index contributed by atoms with van der Waals surface area (Å²) in [7, 11) is 0. The Morgan fingerprint density at radius 1 is 1.30 bits per heavy atom. The molecule has 0 N–H and O–H groups in total. The van der Waals surface area contributed by atoms with E-state index in [2.05, 4.69) is 34.3 Å². The molecule has 0 aromatic rings. The van der Waals surface area contributed by atoms with Gasteiger partial charge in [0.2, 0.25) is 0 Å². The maximum Gasteiger partial charge on any atom is -0.0211 e. The molecular formula is C10H20. The van der Waals surface area contributed by atoms with Gasteiger partial charge in [0.05, 0.1) is 0 Å². The van der Waals surface area contributed by atoms with Gasteiger partial charge in [0, 0.05) is 0 Å². The van der Waals surface area contributed by atoms with Gasteiger partial charge in [-0.3, -0.25) is 0 Å². The molecule has 0 rings (SSSR count). The van der Waals surface area contributed by atoms with Crippen molar-refractivity contribution in [2.75, 3.05) is 0 Å². The van der Waals surface area contributed by atoms with E-state index < -0.39 is 0 Å². The number of hydrogen-bond acceptors (Lipinski definition) is 0. The second-order valence-corrected chi connectivity index (χ2v) is 3.44. The molecule has 10 heavy (non-hydrogen) atoms. The topological polar surface area (TPSA) is 0 Å². The Balaban J connectivity index is 3.71. The minimum absolute atomic E-state index is 0.694. The van der Waals surface area contributed by atoms with E-state index in [4.69, 9.17) is 0 Å². The van der Waals surface area contributed by atoms with Gasteiger partial charge in [-0.15, -0.1) is 0 Å². The molecule has 0 radical (unpaired) electrons. The molecule has 1 atom stereocenters.